The third-order valence-corrected chi connectivity index (χ3v) is 3.46. The van der Waals surface area contributed by atoms with E-state index in [1.54, 1.807) is 6.07 Å². The van der Waals surface area contributed by atoms with Crippen LogP contribution in [0.25, 0.3) is 0 Å². The molecule has 0 saturated heterocycles. The highest BCUT2D eigenvalue weighted by molar-refractivity contribution is 5.34. The molecule has 0 amide bonds. The van der Waals surface area contributed by atoms with Gasteiger partial charge in [0.15, 0.2) is 0 Å². The predicted octanol–water partition coefficient (Wildman–Crippen LogP) is 2.91. The van der Waals surface area contributed by atoms with E-state index in [4.69, 9.17) is 0 Å². The average molecular weight is 268 g/mol. The number of nitrogens with one attached hydrogen (secondary N) is 1. The van der Waals surface area contributed by atoms with Crippen molar-refractivity contribution in [2.45, 2.75) is 33.2 Å². The van der Waals surface area contributed by atoms with Gasteiger partial charge in [-0.15, -0.1) is 0 Å². The Morgan fingerprint density at radius 1 is 1.32 bits per heavy atom. The molecular formula is C15H25FN2O. The van der Waals surface area contributed by atoms with Gasteiger partial charge in [-0.1, -0.05) is 19.9 Å². The van der Waals surface area contributed by atoms with Crippen molar-refractivity contribution in [3.8, 4) is 5.75 Å². The molecule has 0 fully saturated rings. The lowest BCUT2D eigenvalue weighted by atomic mass is 10.1. The number of halogens is 1. The molecule has 1 unspecified atom stereocenters. The molecule has 0 aromatic heterocycles. The maximum atomic E-state index is 12.9. The summed E-state index contributed by atoms with van der Waals surface area (Å²) in [6.07, 6.45) is 1.06. The van der Waals surface area contributed by atoms with Gasteiger partial charge in [-0.3, -0.25) is 0 Å². The van der Waals surface area contributed by atoms with Gasteiger partial charge in [0.2, 0.25) is 0 Å². The Morgan fingerprint density at radius 2 is 2.00 bits per heavy atom. The van der Waals surface area contributed by atoms with Crippen LogP contribution < -0.4 is 5.32 Å². The summed E-state index contributed by atoms with van der Waals surface area (Å²) < 4.78 is 12.9. The van der Waals surface area contributed by atoms with E-state index in [1.165, 1.54) is 6.07 Å². The maximum absolute atomic E-state index is 12.9. The highest BCUT2D eigenvalue weighted by Crippen LogP contribution is 2.24. The summed E-state index contributed by atoms with van der Waals surface area (Å²) in [6.45, 7) is 10.4. The molecule has 1 rings (SSSR count). The summed E-state index contributed by atoms with van der Waals surface area (Å²) in [5.41, 5.74) is 0.740. The molecule has 0 radical (unpaired) electrons. The summed E-state index contributed by atoms with van der Waals surface area (Å²) in [7, 11) is 0. The first-order chi connectivity index (χ1) is 9.08. The van der Waals surface area contributed by atoms with Gasteiger partial charge in [-0.05, 0) is 45.6 Å². The molecule has 0 aliphatic carbocycles. The number of phenolic OH excluding ortho intramolecular Hbond substituents is 1. The first-order valence-corrected chi connectivity index (χ1v) is 7.02. The van der Waals surface area contributed by atoms with Gasteiger partial charge in [0.1, 0.15) is 11.6 Å². The highest BCUT2D eigenvalue weighted by atomic mass is 19.1. The maximum Gasteiger partial charge on any atom is 0.126 e. The number of hydrogen-bond donors (Lipinski definition) is 2. The first-order valence-electron chi connectivity index (χ1n) is 7.02. The lowest BCUT2D eigenvalue weighted by Crippen LogP contribution is -2.28. The molecule has 2 N–H and O–H groups in total. The van der Waals surface area contributed by atoms with Crippen LogP contribution in [0.4, 0.5) is 4.39 Å². The van der Waals surface area contributed by atoms with E-state index in [-0.39, 0.29) is 11.8 Å². The molecule has 3 nitrogen and oxygen atoms in total. The molecule has 108 valence electrons. The molecule has 0 saturated carbocycles. The molecule has 1 aromatic carbocycles. The zero-order chi connectivity index (χ0) is 14.3. The van der Waals surface area contributed by atoms with E-state index >= 15 is 0 Å². The zero-order valence-electron chi connectivity index (χ0n) is 12.1. The smallest absolute Gasteiger partial charge is 0.126 e. The molecule has 4 heteroatoms. The molecular weight excluding hydrogens is 243 g/mol. The van der Waals surface area contributed by atoms with Crippen molar-refractivity contribution in [3.05, 3.63) is 29.6 Å². The van der Waals surface area contributed by atoms with Crippen LogP contribution in [0.2, 0.25) is 0 Å². The van der Waals surface area contributed by atoms with Crippen molar-refractivity contribution < 1.29 is 9.50 Å². The van der Waals surface area contributed by atoms with Crippen LogP contribution in [-0.2, 0) is 0 Å². The van der Waals surface area contributed by atoms with E-state index in [9.17, 15) is 9.50 Å². The van der Waals surface area contributed by atoms with E-state index in [2.05, 4.69) is 24.1 Å². The topological polar surface area (TPSA) is 35.5 Å². The number of aromatic hydroxyl groups is 1. The first kappa shape index (κ1) is 15.9. The third-order valence-electron chi connectivity index (χ3n) is 3.46. The van der Waals surface area contributed by atoms with Gasteiger partial charge in [0.05, 0.1) is 0 Å². The van der Waals surface area contributed by atoms with Gasteiger partial charge in [0.25, 0.3) is 0 Å². The van der Waals surface area contributed by atoms with Gasteiger partial charge in [-0.2, -0.15) is 0 Å². The Labute approximate surface area is 115 Å². The second-order valence-corrected chi connectivity index (χ2v) is 4.76. The fourth-order valence-corrected chi connectivity index (χ4v) is 2.15. The van der Waals surface area contributed by atoms with Crippen molar-refractivity contribution in [3.63, 3.8) is 0 Å². The highest BCUT2D eigenvalue weighted by Gasteiger charge is 2.10. The van der Waals surface area contributed by atoms with Gasteiger partial charge >= 0.3 is 0 Å². The normalized spacial score (nSPS) is 12.9. The van der Waals surface area contributed by atoms with E-state index < -0.39 is 5.82 Å². The minimum Gasteiger partial charge on any atom is -0.508 e. The molecule has 0 aliphatic rings. The lowest BCUT2D eigenvalue weighted by Gasteiger charge is -2.19. The fraction of sp³-hybridized carbons (Fsp3) is 0.600. The van der Waals surface area contributed by atoms with Crippen molar-refractivity contribution in [2.75, 3.05) is 26.2 Å². The quantitative estimate of drug-likeness (QED) is 0.712. The number of hydrogen-bond acceptors (Lipinski definition) is 3. The molecule has 1 aromatic rings. The Bertz CT molecular complexity index is 380. The summed E-state index contributed by atoms with van der Waals surface area (Å²) in [5.74, 6) is -0.390. The largest absolute Gasteiger partial charge is 0.508 e. The standard InChI is InChI=1S/C15H25FN2O/c1-4-18(5-2)10-6-9-17-12(3)14-8-7-13(16)11-15(14)19/h7-8,11-12,17,19H,4-6,9-10H2,1-3H3. The number of nitrogens with zero attached hydrogens (tertiary/aromatic N) is 1. The minimum atomic E-state index is -0.407. The third kappa shape index (κ3) is 5.17. The summed E-state index contributed by atoms with van der Waals surface area (Å²) in [5, 5.41) is 13.0. The SMILES string of the molecule is CCN(CC)CCCNC(C)c1ccc(F)cc1O. The zero-order valence-corrected chi connectivity index (χ0v) is 12.1. The minimum absolute atomic E-state index is 0.0174. The van der Waals surface area contributed by atoms with Crippen LogP contribution in [0.15, 0.2) is 18.2 Å². The summed E-state index contributed by atoms with van der Waals surface area (Å²) >= 11 is 0. The number of rotatable bonds is 8. The number of benzene rings is 1. The molecule has 0 spiro atoms. The molecule has 1 atom stereocenters. The second kappa shape index (κ2) is 8.12. The predicted molar refractivity (Wildman–Crippen MR) is 76.9 cm³/mol. The van der Waals surface area contributed by atoms with Crippen molar-refractivity contribution in [1.82, 2.24) is 10.2 Å². The van der Waals surface area contributed by atoms with Gasteiger partial charge in [0, 0.05) is 17.7 Å². The van der Waals surface area contributed by atoms with Crippen LogP contribution in [0.5, 0.6) is 5.75 Å². The Hall–Kier alpha value is -1.13. The van der Waals surface area contributed by atoms with E-state index in [0.29, 0.717) is 0 Å². The average Bonchev–Trinajstić information content (AvgIpc) is 2.38. The van der Waals surface area contributed by atoms with Crippen LogP contribution in [0.3, 0.4) is 0 Å². The van der Waals surface area contributed by atoms with Gasteiger partial charge in [-0.25, -0.2) is 4.39 Å². The Morgan fingerprint density at radius 3 is 2.58 bits per heavy atom. The van der Waals surface area contributed by atoms with Crippen molar-refractivity contribution in [2.24, 2.45) is 0 Å². The Balaban J connectivity index is 2.37. The van der Waals surface area contributed by atoms with Crippen LogP contribution in [0.1, 0.15) is 38.8 Å². The lowest BCUT2D eigenvalue weighted by molar-refractivity contribution is 0.296. The molecule has 0 bridgehead atoms. The Kier molecular flexibility index (Phi) is 6.81. The fourth-order valence-electron chi connectivity index (χ4n) is 2.15. The molecule has 0 aliphatic heterocycles. The van der Waals surface area contributed by atoms with Gasteiger partial charge < -0.3 is 15.3 Å². The summed E-state index contributed by atoms with van der Waals surface area (Å²) in [4.78, 5) is 2.38. The number of phenols is 1. The van der Waals surface area contributed by atoms with Crippen LogP contribution >= 0.6 is 0 Å². The second-order valence-electron chi connectivity index (χ2n) is 4.76. The summed E-state index contributed by atoms with van der Waals surface area (Å²) in [6, 6.07) is 4.19. The van der Waals surface area contributed by atoms with Crippen molar-refractivity contribution in [1.29, 1.82) is 0 Å². The monoisotopic (exact) mass is 268 g/mol. The van der Waals surface area contributed by atoms with E-state index in [1.807, 2.05) is 6.92 Å². The van der Waals surface area contributed by atoms with E-state index in [0.717, 1.165) is 44.2 Å². The molecule has 19 heavy (non-hydrogen) atoms. The van der Waals surface area contributed by atoms with Crippen molar-refractivity contribution >= 4 is 0 Å². The van der Waals surface area contributed by atoms with Crippen LogP contribution in [-0.4, -0.2) is 36.2 Å². The molecule has 0 heterocycles. The van der Waals surface area contributed by atoms with Crippen LogP contribution in [0, 0.1) is 5.82 Å².